The average Bonchev–Trinajstić information content (AvgIpc) is 3.15. The second-order valence-corrected chi connectivity index (χ2v) is 10.9. The van der Waals surface area contributed by atoms with Gasteiger partial charge in [0.1, 0.15) is 23.6 Å². The van der Waals surface area contributed by atoms with Crippen molar-refractivity contribution >= 4 is 27.0 Å². The number of fused-ring (bicyclic) bond motifs is 1. The molecule has 0 atom stereocenters. The molecule has 1 saturated heterocycles. The van der Waals surface area contributed by atoms with Gasteiger partial charge in [-0.3, -0.25) is 4.79 Å². The Morgan fingerprint density at radius 3 is 2.33 bits per heavy atom. The zero-order valence-electron chi connectivity index (χ0n) is 19.7. The SMILES string of the molecule is CC(C)Oc1ccc(S(=O)(=O)N2CCC(c3cn(CC(=O)O)c4nc(C(F)(F)F)ccc34)CC2)cc1. The third kappa shape index (κ3) is 5.34. The molecule has 0 bridgehead atoms. The van der Waals surface area contributed by atoms with Gasteiger partial charge in [-0.05, 0) is 74.6 Å². The second kappa shape index (κ2) is 9.74. The summed E-state index contributed by atoms with van der Waals surface area (Å²) in [5.41, 5.74) is -0.488. The predicted molar refractivity (Wildman–Crippen MR) is 125 cm³/mol. The quantitative estimate of drug-likeness (QED) is 0.488. The smallest absolute Gasteiger partial charge is 0.433 e. The van der Waals surface area contributed by atoms with Crippen LogP contribution in [0.1, 0.15) is 43.9 Å². The normalized spacial score (nSPS) is 16.1. The monoisotopic (exact) mass is 525 g/mol. The lowest BCUT2D eigenvalue weighted by atomic mass is 9.90. The molecule has 2 aromatic heterocycles. The molecule has 8 nitrogen and oxygen atoms in total. The Hall–Kier alpha value is -3.12. The van der Waals surface area contributed by atoms with Crippen molar-refractivity contribution in [2.24, 2.45) is 0 Å². The number of carboxylic acid groups (broad SMARTS) is 1. The minimum Gasteiger partial charge on any atom is -0.491 e. The van der Waals surface area contributed by atoms with Crippen LogP contribution in [0.2, 0.25) is 0 Å². The van der Waals surface area contributed by atoms with Crippen molar-refractivity contribution < 1.29 is 36.2 Å². The van der Waals surface area contributed by atoms with Crippen LogP contribution in [0, 0.1) is 0 Å². The fraction of sp³-hybridized carbons (Fsp3) is 0.417. The molecule has 0 radical (unpaired) electrons. The largest absolute Gasteiger partial charge is 0.491 e. The van der Waals surface area contributed by atoms with Crippen molar-refractivity contribution in [3.05, 3.63) is 53.9 Å². The molecule has 0 aliphatic carbocycles. The number of ether oxygens (including phenoxy) is 1. The number of carboxylic acids is 1. The van der Waals surface area contributed by atoms with E-state index in [1.807, 2.05) is 13.8 Å². The van der Waals surface area contributed by atoms with Gasteiger partial charge in [0.25, 0.3) is 0 Å². The molecule has 194 valence electrons. The lowest BCUT2D eigenvalue weighted by Crippen LogP contribution is -2.37. The number of rotatable bonds is 7. The summed E-state index contributed by atoms with van der Waals surface area (Å²) >= 11 is 0. The minimum absolute atomic E-state index is 0.0387. The second-order valence-electron chi connectivity index (χ2n) is 8.99. The molecule has 0 amide bonds. The summed E-state index contributed by atoms with van der Waals surface area (Å²) in [4.78, 5) is 15.1. The highest BCUT2D eigenvalue weighted by atomic mass is 32.2. The van der Waals surface area contributed by atoms with E-state index in [-0.39, 0.29) is 35.7 Å². The average molecular weight is 526 g/mol. The third-order valence-electron chi connectivity index (χ3n) is 6.08. The van der Waals surface area contributed by atoms with E-state index < -0.39 is 34.4 Å². The molecule has 0 saturated carbocycles. The number of sulfonamides is 1. The highest BCUT2D eigenvalue weighted by molar-refractivity contribution is 7.89. The van der Waals surface area contributed by atoms with Crippen LogP contribution in [0.4, 0.5) is 13.2 Å². The Labute approximate surface area is 206 Å². The van der Waals surface area contributed by atoms with Crippen LogP contribution in [0.25, 0.3) is 11.0 Å². The van der Waals surface area contributed by atoms with Gasteiger partial charge in [-0.25, -0.2) is 13.4 Å². The number of aromatic nitrogens is 2. The molecule has 0 unspecified atom stereocenters. The molecule has 36 heavy (non-hydrogen) atoms. The Balaban J connectivity index is 1.55. The van der Waals surface area contributed by atoms with Crippen LogP contribution in [0.3, 0.4) is 0 Å². The van der Waals surface area contributed by atoms with E-state index in [4.69, 9.17) is 4.74 Å². The van der Waals surface area contributed by atoms with Crippen molar-refractivity contribution in [1.82, 2.24) is 13.9 Å². The van der Waals surface area contributed by atoms with E-state index in [9.17, 15) is 31.5 Å². The molecule has 1 fully saturated rings. The Morgan fingerprint density at radius 1 is 1.14 bits per heavy atom. The Morgan fingerprint density at radius 2 is 1.78 bits per heavy atom. The van der Waals surface area contributed by atoms with Crippen LogP contribution in [0.5, 0.6) is 5.75 Å². The lowest BCUT2D eigenvalue weighted by molar-refractivity contribution is -0.141. The summed E-state index contributed by atoms with van der Waals surface area (Å²) < 4.78 is 74.0. The molecular formula is C24H26F3N3O5S. The van der Waals surface area contributed by atoms with E-state index in [1.165, 1.54) is 33.3 Å². The zero-order valence-corrected chi connectivity index (χ0v) is 20.5. The van der Waals surface area contributed by atoms with Crippen LogP contribution in [-0.2, 0) is 27.5 Å². The molecule has 1 aliphatic rings. The van der Waals surface area contributed by atoms with Crippen LogP contribution >= 0.6 is 0 Å². The first kappa shape index (κ1) is 26.0. The van der Waals surface area contributed by atoms with Gasteiger partial charge in [-0.1, -0.05) is 0 Å². The number of benzene rings is 1. The fourth-order valence-electron chi connectivity index (χ4n) is 4.46. The lowest BCUT2D eigenvalue weighted by Gasteiger charge is -2.31. The summed E-state index contributed by atoms with van der Waals surface area (Å²) in [5.74, 6) is -0.791. The fourth-order valence-corrected chi connectivity index (χ4v) is 5.93. The van der Waals surface area contributed by atoms with E-state index in [1.54, 1.807) is 12.1 Å². The van der Waals surface area contributed by atoms with E-state index in [2.05, 4.69) is 4.98 Å². The molecule has 1 aliphatic heterocycles. The van der Waals surface area contributed by atoms with Crippen molar-refractivity contribution in [2.45, 2.75) is 56.3 Å². The molecule has 3 heterocycles. The summed E-state index contributed by atoms with van der Waals surface area (Å²) in [5, 5.41) is 9.65. The molecule has 0 spiro atoms. The van der Waals surface area contributed by atoms with Crippen LogP contribution in [-0.4, -0.2) is 52.5 Å². The molecule has 1 N–H and O–H groups in total. The Bertz CT molecular complexity index is 1360. The predicted octanol–water partition coefficient (Wildman–Crippen LogP) is 4.50. The number of hydrogen-bond acceptors (Lipinski definition) is 5. The number of alkyl halides is 3. The molecular weight excluding hydrogens is 499 g/mol. The molecule has 3 aromatic rings. The molecule has 12 heteroatoms. The summed E-state index contributed by atoms with van der Waals surface area (Å²) in [6, 6.07) is 8.41. The van der Waals surface area contributed by atoms with Gasteiger partial charge in [-0.15, -0.1) is 0 Å². The molecule has 4 rings (SSSR count). The van der Waals surface area contributed by atoms with E-state index >= 15 is 0 Å². The number of halogens is 3. The van der Waals surface area contributed by atoms with Gasteiger partial charge in [0, 0.05) is 24.7 Å². The summed E-state index contributed by atoms with van der Waals surface area (Å²) in [6.45, 7) is 3.65. The maximum Gasteiger partial charge on any atom is 0.433 e. The van der Waals surface area contributed by atoms with Gasteiger partial charge in [-0.2, -0.15) is 17.5 Å². The van der Waals surface area contributed by atoms with Crippen LogP contribution < -0.4 is 4.74 Å². The number of carbonyl (C=O) groups is 1. The van der Waals surface area contributed by atoms with Gasteiger partial charge in [0.2, 0.25) is 10.0 Å². The van der Waals surface area contributed by atoms with Gasteiger partial charge in [0.15, 0.2) is 0 Å². The first-order valence-electron chi connectivity index (χ1n) is 11.4. The minimum atomic E-state index is -4.66. The van der Waals surface area contributed by atoms with Gasteiger partial charge < -0.3 is 14.4 Å². The number of hydrogen-bond donors (Lipinski definition) is 1. The van der Waals surface area contributed by atoms with Gasteiger partial charge >= 0.3 is 12.1 Å². The number of piperidine rings is 1. The van der Waals surface area contributed by atoms with Crippen molar-refractivity contribution in [2.75, 3.05) is 13.1 Å². The highest BCUT2D eigenvalue weighted by Gasteiger charge is 2.35. The highest BCUT2D eigenvalue weighted by Crippen LogP contribution is 2.37. The summed E-state index contributed by atoms with van der Waals surface area (Å²) in [6.07, 6.45) is -2.31. The first-order valence-corrected chi connectivity index (χ1v) is 12.9. The van der Waals surface area contributed by atoms with Gasteiger partial charge in [0.05, 0.1) is 11.0 Å². The zero-order chi connectivity index (χ0) is 26.3. The maximum absolute atomic E-state index is 13.2. The van der Waals surface area contributed by atoms with E-state index in [0.717, 1.165) is 6.07 Å². The first-order chi connectivity index (χ1) is 16.9. The van der Waals surface area contributed by atoms with Crippen molar-refractivity contribution in [3.63, 3.8) is 0 Å². The van der Waals surface area contributed by atoms with Crippen molar-refractivity contribution in [1.29, 1.82) is 0 Å². The van der Waals surface area contributed by atoms with E-state index in [0.29, 0.717) is 29.5 Å². The topological polar surface area (TPSA) is 102 Å². The standard InChI is InChI=1S/C24H26F3N3O5S/c1-15(2)35-17-3-5-18(6-4-17)36(33,34)30-11-9-16(10-12-30)20-13-29(14-22(31)32)23-19(20)7-8-21(28-23)24(25,26)27/h3-8,13,15-16H,9-12,14H2,1-2H3,(H,31,32). The Kier molecular flexibility index (Phi) is 7.02. The molecule has 1 aromatic carbocycles. The van der Waals surface area contributed by atoms with Crippen molar-refractivity contribution in [3.8, 4) is 5.75 Å². The summed E-state index contributed by atoms with van der Waals surface area (Å²) in [7, 11) is -3.73. The third-order valence-corrected chi connectivity index (χ3v) is 7.99. The number of pyridine rings is 1. The maximum atomic E-state index is 13.2. The number of aliphatic carboxylic acids is 1. The number of nitrogens with zero attached hydrogens (tertiary/aromatic N) is 3. The van der Waals surface area contributed by atoms with Crippen LogP contribution in [0.15, 0.2) is 47.5 Å².